The van der Waals surface area contributed by atoms with Gasteiger partial charge in [0.1, 0.15) is 5.69 Å². The standard InChI is InChI=1S/C18H24N2O2/c21-18(20-10-2-1-3-11-20)16-9-8-15(14-6-7-14)17(19-16)22-12-13-4-5-13/h8-9,13-14H,1-7,10-12H2. The van der Waals surface area contributed by atoms with Crippen LogP contribution in [0.5, 0.6) is 5.88 Å². The van der Waals surface area contributed by atoms with Crippen molar-refractivity contribution in [3.05, 3.63) is 23.4 Å². The first kappa shape index (κ1) is 14.0. The molecule has 0 radical (unpaired) electrons. The van der Waals surface area contributed by atoms with Crippen molar-refractivity contribution in [1.82, 2.24) is 9.88 Å². The summed E-state index contributed by atoms with van der Waals surface area (Å²) in [6.45, 7) is 2.49. The molecule has 22 heavy (non-hydrogen) atoms. The van der Waals surface area contributed by atoms with Crippen molar-refractivity contribution in [2.24, 2.45) is 5.92 Å². The maximum Gasteiger partial charge on any atom is 0.272 e. The molecule has 3 aliphatic rings. The van der Waals surface area contributed by atoms with Crippen molar-refractivity contribution < 1.29 is 9.53 Å². The molecule has 0 N–H and O–H groups in total. The summed E-state index contributed by atoms with van der Waals surface area (Å²) in [5.74, 6) is 2.09. The van der Waals surface area contributed by atoms with Crippen LogP contribution in [-0.4, -0.2) is 35.5 Å². The zero-order valence-corrected chi connectivity index (χ0v) is 13.1. The predicted molar refractivity (Wildman–Crippen MR) is 84.2 cm³/mol. The first-order valence-corrected chi connectivity index (χ1v) is 8.74. The van der Waals surface area contributed by atoms with Crippen LogP contribution in [0.2, 0.25) is 0 Å². The summed E-state index contributed by atoms with van der Waals surface area (Å²) in [6, 6.07) is 3.97. The van der Waals surface area contributed by atoms with Crippen molar-refractivity contribution >= 4 is 5.91 Å². The molecule has 0 aromatic carbocycles. The largest absolute Gasteiger partial charge is 0.477 e. The highest BCUT2D eigenvalue weighted by molar-refractivity contribution is 5.92. The van der Waals surface area contributed by atoms with Crippen molar-refractivity contribution in [1.29, 1.82) is 0 Å². The summed E-state index contributed by atoms with van der Waals surface area (Å²) in [7, 11) is 0. The molecule has 2 aliphatic carbocycles. The second kappa shape index (κ2) is 5.90. The van der Waals surface area contributed by atoms with Crippen LogP contribution in [0, 0.1) is 5.92 Å². The number of likely N-dealkylation sites (tertiary alicyclic amines) is 1. The van der Waals surface area contributed by atoms with Gasteiger partial charge in [0.2, 0.25) is 5.88 Å². The SMILES string of the molecule is O=C(c1ccc(C2CC2)c(OCC2CC2)n1)N1CCCCC1. The third-order valence-corrected chi connectivity index (χ3v) is 4.92. The average molecular weight is 300 g/mol. The maximum absolute atomic E-state index is 12.6. The number of nitrogens with zero attached hydrogens (tertiary/aromatic N) is 2. The molecule has 3 fully saturated rings. The van der Waals surface area contributed by atoms with Gasteiger partial charge < -0.3 is 9.64 Å². The van der Waals surface area contributed by atoms with Gasteiger partial charge in [-0.3, -0.25) is 4.79 Å². The van der Waals surface area contributed by atoms with Crippen LogP contribution in [0.1, 0.15) is 66.9 Å². The van der Waals surface area contributed by atoms with Gasteiger partial charge in [-0.05, 0) is 62.8 Å². The summed E-state index contributed by atoms with van der Waals surface area (Å²) >= 11 is 0. The summed E-state index contributed by atoms with van der Waals surface area (Å²) < 4.78 is 5.96. The van der Waals surface area contributed by atoms with E-state index in [0.717, 1.165) is 38.4 Å². The molecule has 0 atom stereocenters. The highest BCUT2D eigenvalue weighted by Gasteiger charge is 2.30. The Morgan fingerprint density at radius 2 is 1.91 bits per heavy atom. The van der Waals surface area contributed by atoms with E-state index in [2.05, 4.69) is 11.1 Å². The number of rotatable bonds is 5. The second-order valence-corrected chi connectivity index (χ2v) is 6.97. The minimum absolute atomic E-state index is 0.0679. The van der Waals surface area contributed by atoms with Gasteiger partial charge in [0.25, 0.3) is 5.91 Å². The van der Waals surface area contributed by atoms with E-state index in [9.17, 15) is 4.79 Å². The molecule has 1 amide bonds. The van der Waals surface area contributed by atoms with E-state index in [4.69, 9.17) is 4.74 Å². The van der Waals surface area contributed by atoms with E-state index in [1.165, 1.54) is 37.7 Å². The van der Waals surface area contributed by atoms with Gasteiger partial charge in [-0.1, -0.05) is 6.07 Å². The third-order valence-electron chi connectivity index (χ3n) is 4.92. The molecule has 0 bridgehead atoms. The molecule has 2 saturated carbocycles. The van der Waals surface area contributed by atoms with Gasteiger partial charge in [0, 0.05) is 18.7 Å². The fourth-order valence-electron chi connectivity index (χ4n) is 3.13. The number of pyridine rings is 1. The van der Waals surface area contributed by atoms with Crippen LogP contribution in [0.25, 0.3) is 0 Å². The fraction of sp³-hybridized carbons (Fsp3) is 0.667. The van der Waals surface area contributed by atoms with Crippen molar-refractivity contribution in [2.45, 2.75) is 50.9 Å². The smallest absolute Gasteiger partial charge is 0.272 e. The number of hydrogen-bond acceptors (Lipinski definition) is 3. The topological polar surface area (TPSA) is 42.4 Å². The number of aromatic nitrogens is 1. The first-order chi connectivity index (χ1) is 10.8. The number of piperidine rings is 1. The lowest BCUT2D eigenvalue weighted by atomic mass is 10.1. The van der Waals surface area contributed by atoms with E-state index < -0.39 is 0 Å². The van der Waals surface area contributed by atoms with E-state index >= 15 is 0 Å². The Bertz CT molecular complexity index is 558. The number of hydrogen-bond donors (Lipinski definition) is 0. The molecule has 4 nitrogen and oxygen atoms in total. The van der Waals surface area contributed by atoms with Gasteiger partial charge >= 0.3 is 0 Å². The Hall–Kier alpha value is -1.58. The highest BCUT2D eigenvalue weighted by Crippen LogP contribution is 2.44. The van der Waals surface area contributed by atoms with Crippen LogP contribution < -0.4 is 4.74 Å². The Morgan fingerprint density at radius 1 is 1.14 bits per heavy atom. The number of amides is 1. The lowest BCUT2D eigenvalue weighted by molar-refractivity contribution is 0.0717. The molecule has 0 unspecified atom stereocenters. The molecule has 2 heterocycles. The van der Waals surface area contributed by atoms with Crippen LogP contribution in [0.4, 0.5) is 0 Å². The molecule has 118 valence electrons. The fourth-order valence-corrected chi connectivity index (χ4v) is 3.13. The molecular formula is C18H24N2O2. The first-order valence-electron chi connectivity index (χ1n) is 8.74. The van der Waals surface area contributed by atoms with Gasteiger partial charge in [-0.2, -0.15) is 0 Å². The van der Waals surface area contributed by atoms with E-state index in [1.54, 1.807) is 0 Å². The molecule has 4 heteroatoms. The number of carbonyl (C=O) groups excluding carboxylic acids is 1. The van der Waals surface area contributed by atoms with E-state index in [1.807, 2.05) is 11.0 Å². The molecular weight excluding hydrogens is 276 g/mol. The van der Waals surface area contributed by atoms with Crippen molar-refractivity contribution in [3.63, 3.8) is 0 Å². The zero-order valence-electron chi connectivity index (χ0n) is 13.1. The minimum atomic E-state index is 0.0679. The summed E-state index contributed by atoms with van der Waals surface area (Å²) in [5.41, 5.74) is 1.76. The molecule has 1 aliphatic heterocycles. The van der Waals surface area contributed by atoms with Crippen molar-refractivity contribution in [2.75, 3.05) is 19.7 Å². The van der Waals surface area contributed by atoms with Crippen LogP contribution in [0.15, 0.2) is 12.1 Å². The maximum atomic E-state index is 12.6. The quantitative estimate of drug-likeness (QED) is 0.837. The molecule has 4 rings (SSSR count). The van der Waals surface area contributed by atoms with E-state index in [-0.39, 0.29) is 5.91 Å². The van der Waals surface area contributed by atoms with Gasteiger partial charge in [-0.15, -0.1) is 0 Å². The molecule has 1 aromatic rings. The lowest BCUT2D eigenvalue weighted by Crippen LogP contribution is -2.36. The summed E-state index contributed by atoms with van der Waals surface area (Å²) in [6.07, 6.45) is 8.43. The molecule has 1 aromatic heterocycles. The molecule has 0 spiro atoms. The molecule has 1 saturated heterocycles. The lowest BCUT2D eigenvalue weighted by Gasteiger charge is -2.26. The van der Waals surface area contributed by atoms with Gasteiger partial charge in [0.05, 0.1) is 6.61 Å². The normalized spacial score (nSPS) is 21.7. The zero-order chi connectivity index (χ0) is 14.9. The minimum Gasteiger partial charge on any atom is -0.477 e. The van der Waals surface area contributed by atoms with Gasteiger partial charge in [0.15, 0.2) is 0 Å². The Morgan fingerprint density at radius 3 is 2.59 bits per heavy atom. The Balaban J connectivity index is 1.53. The second-order valence-electron chi connectivity index (χ2n) is 6.97. The average Bonchev–Trinajstić information content (AvgIpc) is 3.46. The summed E-state index contributed by atoms with van der Waals surface area (Å²) in [4.78, 5) is 19.1. The van der Waals surface area contributed by atoms with E-state index in [0.29, 0.717) is 17.5 Å². The van der Waals surface area contributed by atoms with Crippen LogP contribution in [-0.2, 0) is 0 Å². The Labute approximate surface area is 131 Å². The third kappa shape index (κ3) is 3.11. The Kier molecular flexibility index (Phi) is 3.77. The van der Waals surface area contributed by atoms with Crippen LogP contribution >= 0.6 is 0 Å². The van der Waals surface area contributed by atoms with Crippen LogP contribution in [0.3, 0.4) is 0 Å². The van der Waals surface area contributed by atoms with Gasteiger partial charge in [-0.25, -0.2) is 4.98 Å². The number of carbonyl (C=O) groups is 1. The predicted octanol–water partition coefficient (Wildman–Crippen LogP) is 3.37. The highest BCUT2D eigenvalue weighted by atomic mass is 16.5. The monoisotopic (exact) mass is 300 g/mol. The van der Waals surface area contributed by atoms with Crippen molar-refractivity contribution in [3.8, 4) is 5.88 Å². The number of ether oxygens (including phenoxy) is 1. The summed E-state index contributed by atoms with van der Waals surface area (Å²) in [5, 5.41) is 0.